The lowest BCUT2D eigenvalue weighted by Crippen LogP contribution is -2.35. The fourth-order valence-electron chi connectivity index (χ4n) is 3.16. The Balaban J connectivity index is 1.61. The van der Waals surface area contributed by atoms with Crippen LogP contribution in [0.5, 0.6) is 0 Å². The molecule has 2 fully saturated rings. The molecule has 1 N–H and O–H groups in total. The smallest absolute Gasteiger partial charge is 0.229 e. The van der Waals surface area contributed by atoms with Crippen LogP contribution in [0.3, 0.4) is 0 Å². The van der Waals surface area contributed by atoms with Gasteiger partial charge in [-0.25, -0.2) is 0 Å². The van der Waals surface area contributed by atoms with E-state index < -0.39 is 0 Å². The number of nitrogens with zero attached hydrogens (tertiary/aromatic N) is 2. The molecule has 5 heteroatoms. The molecule has 1 aromatic rings. The first-order valence-corrected chi connectivity index (χ1v) is 7.24. The maximum atomic E-state index is 12.2. The number of likely N-dealkylation sites (tertiary alicyclic amines) is 1. The molecule has 20 heavy (non-hydrogen) atoms. The Morgan fingerprint density at radius 2 is 2.15 bits per heavy atom. The Morgan fingerprint density at radius 3 is 2.85 bits per heavy atom. The summed E-state index contributed by atoms with van der Waals surface area (Å²) in [4.78, 5) is 30.1. The van der Waals surface area contributed by atoms with Gasteiger partial charge in [-0.15, -0.1) is 0 Å². The number of carbonyl (C=O) groups excluding carboxylic acids is 2. The van der Waals surface area contributed by atoms with Gasteiger partial charge in [-0.2, -0.15) is 0 Å². The number of nitrogens with one attached hydrogen (secondary N) is 1. The third-order valence-corrected chi connectivity index (χ3v) is 4.22. The van der Waals surface area contributed by atoms with E-state index in [1.807, 2.05) is 4.90 Å². The van der Waals surface area contributed by atoms with Gasteiger partial charge in [-0.3, -0.25) is 14.6 Å². The fraction of sp³-hybridized carbons (Fsp3) is 0.533. The van der Waals surface area contributed by atoms with Gasteiger partial charge in [0.15, 0.2) is 0 Å². The van der Waals surface area contributed by atoms with Crippen molar-refractivity contribution in [3.05, 3.63) is 24.5 Å². The maximum Gasteiger partial charge on any atom is 0.229 e. The second kappa shape index (κ2) is 5.61. The van der Waals surface area contributed by atoms with Gasteiger partial charge in [0, 0.05) is 25.2 Å². The molecule has 0 unspecified atom stereocenters. The van der Waals surface area contributed by atoms with Gasteiger partial charge in [0.1, 0.15) is 0 Å². The van der Waals surface area contributed by atoms with Crippen LogP contribution in [0.2, 0.25) is 0 Å². The molecule has 1 aliphatic heterocycles. The molecule has 5 nitrogen and oxygen atoms in total. The summed E-state index contributed by atoms with van der Waals surface area (Å²) in [5.41, 5.74) is 0.685. The van der Waals surface area contributed by atoms with Crippen LogP contribution in [0.15, 0.2) is 24.5 Å². The van der Waals surface area contributed by atoms with Crippen molar-refractivity contribution in [3.63, 3.8) is 0 Å². The normalized spacial score (nSPS) is 23.3. The first-order valence-electron chi connectivity index (χ1n) is 7.24. The van der Waals surface area contributed by atoms with Gasteiger partial charge in [0.25, 0.3) is 0 Å². The SMILES string of the molecule is O=C(Nc1cccnc1)[C@H]1CC(=O)N(C2CCCC2)C1. The lowest BCUT2D eigenvalue weighted by atomic mass is 10.1. The molecule has 0 bridgehead atoms. The third kappa shape index (κ3) is 2.66. The van der Waals surface area contributed by atoms with E-state index in [0.717, 1.165) is 12.8 Å². The number of rotatable bonds is 3. The van der Waals surface area contributed by atoms with E-state index in [2.05, 4.69) is 10.3 Å². The molecule has 2 amide bonds. The van der Waals surface area contributed by atoms with Gasteiger partial charge in [0.2, 0.25) is 11.8 Å². The molecule has 1 saturated heterocycles. The summed E-state index contributed by atoms with van der Waals surface area (Å²) >= 11 is 0. The highest BCUT2D eigenvalue weighted by atomic mass is 16.2. The highest BCUT2D eigenvalue weighted by molar-refractivity contribution is 5.97. The summed E-state index contributed by atoms with van der Waals surface area (Å²) in [6, 6.07) is 3.94. The summed E-state index contributed by atoms with van der Waals surface area (Å²) in [5.74, 6) is -0.182. The molecule has 1 aromatic heterocycles. The molecule has 1 saturated carbocycles. The van der Waals surface area contributed by atoms with E-state index in [1.165, 1.54) is 12.8 Å². The zero-order chi connectivity index (χ0) is 13.9. The molecular weight excluding hydrogens is 254 g/mol. The summed E-state index contributed by atoms with van der Waals surface area (Å²) < 4.78 is 0. The standard InChI is InChI=1S/C15H19N3O2/c19-14-8-11(10-18(14)13-5-1-2-6-13)15(20)17-12-4-3-7-16-9-12/h3-4,7,9,11,13H,1-2,5-6,8,10H2,(H,17,20)/t11-/m0/s1. The minimum Gasteiger partial charge on any atom is -0.339 e. The summed E-state index contributed by atoms with van der Waals surface area (Å²) in [5, 5.41) is 2.84. The number of hydrogen-bond acceptors (Lipinski definition) is 3. The minimum absolute atomic E-state index is 0.0770. The van der Waals surface area contributed by atoms with Gasteiger partial charge in [-0.1, -0.05) is 12.8 Å². The van der Waals surface area contributed by atoms with Crippen molar-refractivity contribution < 1.29 is 9.59 Å². The molecule has 0 spiro atoms. The zero-order valence-electron chi connectivity index (χ0n) is 11.4. The topological polar surface area (TPSA) is 62.3 Å². The molecule has 2 aliphatic rings. The monoisotopic (exact) mass is 273 g/mol. The largest absolute Gasteiger partial charge is 0.339 e. The van der Waals surface area contributed by atoms with Gasteiger partial charge in [-0.05, 0) is 25.0 Å². The van der Waals surface area contributed by atoms with Gasteiger partial charge in [0.05, 0.1) is 17.8 Å². The van der Waals surface area contributed by atoms with Crippen LogP contribution < -0.4 is 5.32 Å². The predicted octanol–water partition coefficient (Wildman–Crippen LogP) is 1.81. The average molecular weight is 273 g/mol. The van der Waals surface area contributed by atoms with Crippen molar-refractivity contribution in [2.75, 3.05) is 11.9 Å². The van der Waals surface area contributed by atoms with Crippen molar-refractivity contribution in [2.45, 2.75) is 38.1 Å². The lowest BCUT2D eigenvalue weighted by Gasteiger charge is -2.23. The van der Waals surface area contributed by atoms with Crippen LogP contribution in [0, 0.1) is 5.92 Å². The van der Waals surface area contributed by atoms with Crippen LogP contribution in [0.1, 0.15) is 32.1 Å². The minimum atomic E-state index is -0.233. The molecule has 0 radical (unpaired) electrons. The predicted molar refractivity (Wildman–Crippen MR) is 74.9 cm³/mol. The van der Waals surface area contributed by atoms with Gasteiger partial charge < -0.3 is 10.2 Å². The van der Waals surface area contributed by atoms with Crippen molar-refractivity contribution in [1.82, 2.24) is 9.88 Å². The fourth-order valence-corrected chi connectivity index (χ4v) is 3.16. The van der Waals surface area contributed by atoms with Crippen LogP contribution in [-0.2, 0) is 9.59 Å². The van der Waals surface area contributed by atoms with E-state index in [4.69, 9.17) is 0 Å². The van der Waals surface area contributed by atoms with E-state index in [0.29, 0.717) is 24.7 Å². The number of amides is 2. The van der Waals surface area contributed by atoms with E-state index in [1.54, 1.807) is 24.5 Å². The van der Waals surface area contributed by atoms with Crippen LogP contribution in [0.25, 0.3) is 0 Å². The Hall–Kier alpha value is -1.91. The maximum absolute atomic E-state index is 12.2. The summed E-state index contributed by atoms with van der Waals surface area (Å²) in [6.07, 6.45) is 8.18. The number of pyridine rings is 1. The summed E-state index contributed by atoms with van der Waals surface area (Å²) in [7, 11) is 0. The summed E-state index contributed by atoms with van der Waals surface area (Å²) in [6.45, 7) is 0.565. The molecule has 2 heterocycles. The number of carbonyl (C=O) groups is 2. The Bertz CT molecular complexity index is 497. The average Bonchev–Trinajstić information content (AvgIpc) is 3.08. The number of hydrogen-bond donors (Lipinski definition) is 1. The molecule has 3 rings (SSSR count). The van der Waals surface area contributed by atoms with Crippen molar-refractivity contribution in [3.8, 4) is 0 Å². The van der Waals surface area contributed by atoms with E-state index >= 15 is 0 Å². The third-order valence-electron chi connectivity index (χ3n) is 4.22. The van der Waals surface area contributed by atoms with Crippen LogP contribution in [0.4, 0.5) is 5.69 Å². The molecule has 0 aromatic carbocycles. The first kappa shape index (κ1) is 13.1. The molecule has 1 aliphatic carbocycles. The van der Waals surface area contributed by atoms with Crippen LogP contribution in [-0.4, -0.2) is 34.3 Å². The van der Waals surface area contributed by atoms with Crippen molar-refractivity contribution in [2.24, 2.45) is 5.92 Å². The lowest BCUT2D eigenvalue weighted by molar-refractivity contribution is -0.129. The quantitative estimate of drug-likeness (QED) is 0.913. The molecule has 106 valence electrons. The Kier molecular flexibility index (Phi) is 3.67. The molecule has 1 atom stereocenters. The molecular formula is C15H19N3O2. The zero-order valence-corrected chi connectivity index (χ0v) is 11.4. The highest BCUT2D eigenvalue weighted by Crippen LogP contribution is 2.29. The second-order valence-corrected chi connectivity index (χ2v) is 5.62. The number of aromatic nitrogens is 1. The van der Waals surface area contributed by atoms with E-state index in [9.17, 15) is 9.59 Å². The van der Waals surface area contributed by atoms with Crippen molar-refractivity contribution in [1.29, 1.82) is 0 Å². The van der Waals surface area contributed by atoms with Crippen molar-refractivity contribution >= 4 is 17.5 Å². The Morgan fingerprint density at radius 1 is 1.35 bits per heavy atom. The first-order chi connectivity index (χ1) is 9.74. The Labute approximate surface area is 118 Å². The van der Waals surface area contributed by atoms with Gasteiger partial charge >= 0.3 is 0 Å². The van der Waals surface area contributed by atoms with E-state index in [-0.39, 0.29) is 17.7 Å². The number of anilines is 1. The second-order valence-electron chi connectivity index (χ2n) is 5.62. The van der Waals surface area contributed by atoms with Crippen LogP contribution >= 0.6 is 0 Å². The highest BCUT2D eigenvalue weighted by Gasteiger charge is 2.38.